The van der Waals surface area contributed by atoms with E-state index in [2.05, 4.69) is 11.3 Å². The molecule has 0 saturated heterocycles. The molecule has 2 heteroatoms. The number of hydrogen-bond donors (Lipinski definition) is 0. The van der Waals surface area contributed by atoms with E-state index in [1.165, 1.54) is 0 Å². The van der Waals surface area contributed by atoms with E-state index in [1.807, 2.05) is 0 Å². The third-order valence-electron chi connectivity index (χ3n) is 0.624. The molecule has 62 valence electrons. The molecule has 0 N–H and O–H groups in total. The van der Waals surface area contributed by atoms with Crippen LogP contribution in [-0.2, 0) is 9.53 Å². The molecule has 0 aliphatic carbocycles. The smallest absolute Gasteiger partial charge is 0.333 e. The highest BCUT2D eigenvalue weighted by Crippen LogP contribution is 1.89. The summed E-state index contributed by atoms with van der Waals surface area (Å²) >= 11 is 0. The number of esters is 1. The number of ether oxygens (including phenoxy) is 1. The molecule has 0 fully saturated rings. The van der Waals surface area contributed by atoms with Gasteiger partial charge in [0.2, 0.25) is 0 Å². The molecule has 0 aromatic heterocycles. The molecule has 0 spiro atoms. The largest absolute Gasteiger partial charge is 0.463 e. The molecular formula is C8H18O2. The Kier molecular flexibility index (Phi) is 13.2. The van der Waals surface area contributed by atoms with Gasteiger partial charge in [0.1, 0.15) is 0 Å². The molecule has 0 aliphatic rings. The fourth-order valence-electron chi connectivity index (χ4n) is 0.254. The topological polar surface area (TPSA) is 26.3 Å². The quantitative estimate of drug-likeness (QED) is 0.441. The molecule has 0 heterocycles. The van der Waals surface area contributed by atoms with E-state index in [4.69, 9.17) is 0 Å². The lowest BCUT2D eigenvalue weighted by molar-refractivity contribution is -0.138. The Hall–Kier alpha value is -0.790. The van der Waals surface area contributed by atoms with Gasteiger partial charge in [0.05, 0.1) is 6.61 Å². The van der Waals surface area contributed by atoms with Crippen LogP contribution in [0, 0.1) is 0 Å². The summed E-state index contributed by atoms with van der Waals surface area (Å²) in [4.78, 5) is 10.4. The summed E-state index contributed by atoms with van der Waals surface area (Å²) in [5, 5.41) is 0. The lowest BCUT2D eigenvalue weighted by atomic mass is 10.4. The van der Waals surface area contributed by atoms with Crippen LogP contribution in [0.5, 0.6) is 0 Å². The van der Waals surface area contributed by atoms with Gasteiger partial charge in [-0.05, 0) is 13.8 Å². The third kappa shape index (κ3) is 7.21. The minimum Gasteiger partial charge on any atom is -0.463 e. The van der Waals surface area contributed by atoms with Gasteiger partial charge in [-0.1, -0.05) is 21.4 Å². The monoisotopic (exact) mass is 146 g/mol. The molecule has 0 aromatic rings. The van der Waals surface area contributed by atoms with Gasteiger partial charge in [-0.15, -0.1) is 0 Å². The molecule has 0 atom stereocenters. The van der Waals surface area contributed by atoms with Gasteiger partial charge in [-0.25, -0.2) is 4.79 Å². The van der Waals surface area contributed by atoms with Gasteiger partial charge in [0.15, 0.2) is 0 Å². The van der Waals surface area contributed by atoms with E-state index in [9.17, 15) is 4.79 Å². The van der Waals surface area contributed by atoms with Crippen molar-refractivity contribution in [3.8, 4) is 0 Å². The van der Waals surface area contributed by atoms with Crippen LogP contribution in [0.4, 0.5) is 0 Å². The summed E-state index contributed by atoms with van der Waals surface area (Å²) in [6.07, 6.45) is 0. The first-order valence-corrected chi connectivity index (χ1v) is 2.51. The predicted molar refractivity (Wildman–Crippen MR) is 44.9 cm³/mol. The average molecular weight is 146 g/mol. The first-order chi connectivity index (χ1) is 3.68. The zero-order valence-corrected chi connectivity index (χ0v) is 5.23. The molecule has 10 heavy (non-hydrogen) atoms. The van der Waals surface area contributed by atoms with Crippen molar-refractivity contribution in [3.63, 3.8) is 0 Å². The molecule has 0 amide bonds. The predicted octanol–water partition coefficient (Wildman–Crippen LogP) is 2.40. The summed E-state index contributed by atoms with van der Waals surface area (Å²) in [7, 11) is 0. The van der Waals surface area contributed by atoms with E-state index in [-0.39, 0.29) is 20.8 Å². The SMILES string of the molecule is C.C.C=C(C)C(=O)OCC. The molecule has 0 unspecified atom stereocenters. The highest BCUT2D eigenvalue weighted by Gasteiger charge is 1.98. The zero-order valence-electron chi connectivity index (χ0n) is 5.23. The van der Waals surface area contributed by atoms with Crippen molar-refractivity contribution in [1.82, 2.24) is 0 Å². The minimum absolute atomic E-state index is 0. The van der Waals surface area contributed by atoms with Crippen molar-refractivity contribution >= 4 is 5.97 Å². The summed E-state index contributed by atoms with van der Waals surface area (Å²) in [6, 6.07) is 0. The van der Waals surface area contributed by atoms with E-state index in [0.29, 0.717) is 12.2 Å². The second-order valence-electron chi connectivity index (χ2n) is 1.50. The Balaban J connectivity index is -0.000000245. The standard InChI is InChI=1S/C6H10O2.2CH4/c1-4-8-6(7)5(2)3;;/h2,4H2,1,3H3;2*1H4. The van der Waals surface area contributed by atoms with Crippen molar-refractivity contribution in [2.75, 3.05) is 6.61 Å². The van der Waals surface area contributed by atoms with Crippen molar-refractivity contribution in [2.24, 2.45) is 0 Å². The highest BCUT2D eigenvalue weighted by molar-refractivity contribution is 5.86. The van der Waals surface area contributed by atoms with Crippen LogP contribution >= 0.6 is 0 Å². The Morgan fingerprint density at radius 2 is 1.90 bits per heavy atom. The summed E-state index contributed by atoms with van der Waals surface area (Å²) in [5.74, 6) is -0.312. The molecule has 0 rings (SSSR count). The fraction of sp³-hybridized carbons (Fsp3) is 0.625. The second kappa shape index (κ2) is 8.21. The first kappa shape index (κ1) is 16.1. The van der Waals surface area contributed by atoms with Crippen LogP contribution in [0.3, 0.4) is 0 Å². The molecule has 0 saturated carbocycles. The van der Waals surface area contributed by atoms with Crippen LogP contribution in [-0.4, -0.2) is 12.6 Å². The molecular weight excluding hydrogens is 128 g/mol. The van der Waals surface area contributed by atoms with Gasteiger partial charge >= 0.3 is 5.97 Å². The lowest BCUT2D eigenvalue weighted by Crippen LogP contribution is -2.03. The van der Waals surface area contributed by atoms with E-state index in [0.717, 1.165) is 0 Å². The number of rotatable bonds is 2. The first-order valence-electron chi connectivity index (χ1n) is 2.51. The van der Waals surface area contributed by atoms with Gasteiger partial charge in [-0.3, -0.25) is 0 Å². The van der Waals surface area contributed by atoms with E-state index < -0.39 is 0 Å². The third-order valence-corrected chi connectivity index (χ3v) is 0.624. The number of carbonyl (C=O) groups is 1. The zero-order chi connectivity index (χ0) is 6.57. The molecule has 0 bridgehead atoms. The van der Waals surface area contributed by atoms with Crippen LogP contribution in [0.25, 0.3) is 0 Å². The Bertz CT molecular complexity index is 106. The van der Waals surface area contributed by atoms with Crippen LogP contribution in [0.2, 0.25) is 0 Å². The number of carbonyl (C=O) groups excluding carboxylic acids is 1. The van der Waals surface area contributed by atoms with Gasteiger partial charge < -0.3 is 4.74 Å². The van der Waals surface area contributed by atoms with Crippen molar-refractivity contribution in [2.45, 2.75) is 28.7 Å². The maximum Gasteiger partial charge on any atom is 0.333 e. The normalized spacial score (nSPS) is 6.60. The van der Waals surface area contributed by atoms with Gasteiger partial charge in [-0.2, -0.15) is 0 Å². The molecule has 0 aromatic carbocycles. The van der Waals surface area contributed by atoms with Gasteiger partial charge in [0, 0.05) is 5.57 Å². The molecule has 0 radical (unpaired) electrons. The summed E-state index contributed by atoms with van der Waals surface area (Å²) in [5.41, 5.74) is 0.451. The second-order valence-corrected chi connectivity index (χ2v) is 1.50. The summed E-state index contributed by atoms with van der Waals surface area (Å²) < 4.78 is 4.56. The van der Waals surface area contributed by atoms with E-state index in [1.54, 1.807) is 13.8 Å². The highest BCUT2D eigenvalue weighted by atomic mass is 16.5. The Labute approximate surface area is 63.9 Å². The van der Waals surface area contributed by atoms with Crippen molar-refractivity contribution < 1.29 is 9.53 Å². The fourth-order valence-corrected chi connectivity index (χ4v) is 0.254. The maximum atomic E-state index is 10.4. The van der Waals surface area contributed by atoms with Crippen LogP contribution in [0.15, 0.2) is 12.2 Å². The molecule has 2 nitrogen and oxygen atoms in total. The average Bonchev–Trinajstić information content (AvgIpc) is 1.67. The minimum atomic E-state index is -0.312. The molecule has 0 aliphatic heterocycles. The summed E-state index contributed by atoms with van der Waals surface area (Å²) in [6.45, 7) is 7.21. The Morgan fingerprint density at radius 1 is 1.50 bits per heavy atom. The van der Waals surface area contributed by atoms with Gasteiger partial charge in [0.25, 0.3) is 0 Å². The number of hydrogen-bond acceptors (Lipinski definition) is 2. The van der Waals surface area contributed by atoms with Crippen molar-refractivity contribution in [1.29, 1.82) is 0 Å². The van der Waals surface area contributed by atoms with E-state index >= 15 is 0 Å². The van der Waals surface area contributed by atoms with Crippen LogP contribution in [0.1, 0.15) is 28.7 Å². The van der Waals surface area contributed by atoms with Crippen LogP contribution < -0.4 is 0 Å². The maximum absolute atomic E-state index is 10.4. The Morgan fingerprint density at radius 3 is 2.00 bits per heavy atom. The van der Waals surface area contributed by atoms with Crippen molar-refractivity contribution in [3.05, 3.63) is 12.2 Å². The lowest BCUT2D eigenvalue weighted by Gasteiger charge is -1.96.